The van der Waals surface area contributed by atoms with Crippen molar-refractivity contribution in [3.8, 4) is 22.5 Å². The van der Waals surface area contributed by atoms with Crippen LogP contribution in [0.2, 0.25) is 0 Å². The van der Waals surface area contributed by atoms with Crippen LogP contribution in [0.1, 0.15) is 0 Å². The molecule has 3 heteroatoms. The van der Waals surface area contributed by atoms with Crippen LogP contribution < -0.4 is 0 Å². The quantitative estimate of drug-likeness (QED) is 0.212. The molecule has 0 N–H and O–H groups in total. The standard InChI is InChI=1S/C38H23N3/c1-2-14-29-27(12-1)28-13-3-4-15-30(28)35-23-25(20-21-32(29)35)24-10-9-11-26(22-24)37-39-38-34-18-6-5-16-31(34)33-17-7-8-19-36(33)41(38)40-37/h1-23H. The van der Waals surface area contributed by atoms with E-state index in [0.717, 1.165) is 33.5 Å². The lowest BCUT2D eigenvalue weighted by Crippen LogP contribution is -1.92. The Labute approximate surface area is 235 Å². The van der Waals surface area contributed by atoms with Gasteiger partial charge in [0.25, 0.3) is 0 Å². The normalized spacial score (nSPS) is 11.9. The molecule has 0 amide bonds. The zero-order valence-electron chi connectivity index (χ0n) is 22.1. The van der Waals surface area contributed by atoms with Gasteiger partial charge in [0, 0.05) is 16.3 Å². The highest BCUT2D eigenvalue weighted by molar-refractivity contribution is 6.25. The topological polar surface area (TPSA) is 30.2 Å². The Hall–Kier alpha value is -5.54. The molecule has 2 aromatic heterocycles. The van der Waals surface area contributed by atoms with E-state index in [0.29, 0.717) is 0 Å². The fraction of sp³-hybridized carbons (Fsp3) is 0. The van der Waals surface area contributed by atoms with E-state index in [1.54, 1.807) is 0 Å². The Balaban J connectivity index is 1.25. The van der Waals surface area contributed by atoms with Crippen molar-refractivity contribution in [2.75, 3.05) is 0 Å². The lowest BCUT2D eigenvalue weighted by atomic mass is 9.92. The fourth-order valence-electron chi connectivity index (χ4n) is 6.50. The van der Waals surface area contributed by atoms with Gasteiger partial charge >= 0.3 is 0 Å². The molecule has 0 saturated heterocycles. The van der Waals surface area contributed by atoms with Gasteiger partial charge in [0.15, 0.2) is 11.5 Å². The van der Waals surface area contributed by atoms with Crippen molar-refractivity contribution in [3.63, 3.8) is 0 Å². The minimum Gasteiger partial charge on any atom is -0.212 e. The van der Waals surface area contributed by atoms with E-state index in [4.69, 9.17) is 10.1 Å². The first kappa shape index (κ1) is 22.3. The highest BCUT2D eigenvalue weighted by Gasteiger charge is 2.15. The van der Waals surface area contributed by atoms with Crippen LogP contribution in [0.15, 0.2) is 140 Å². The second kappa shape index (κ2) is 8.48. The third-order valence-corrected chi connectivity index (χ3v) is 8.40. The van der Waals surface area contributed by atoms with Gasteiger partial charge in [-0.15, -0.1) is 5.10 Å². The zero-order valence-corrected chi connectivity index (χ0v) is 22.1. The van der Waals surface area contributed by atoms with Gasteiger partial charge < -0.3 is 0 Å². The number of hydrogen-bond acceptors (Lipinski definition) is 2. The van der Waals surface area contributed by atoms with Crippen LogP contribution in [-0.4, -0.2) is 14.6 Å². The summed E-state index contributed by atoms with van der Waals surface area (Å²) < 4.78 is 1.99. The predicted molar refractivity (Wildman–Crippen MR) is 171 cm³/mol. The Kier molecular flexibility index (Phi) is 4.61. The molecular formula is C38H23N3. The second-order valence-corrected chi connectivity index (χ2v) is 10.7. The summed E-state index contributed by atoms with van der Waals surface area (Å²) in [5, 5.41) is 16.2. The average Bonchev–Trinajstić information content (AvgIpc) is 3.51. The number of pyridine rings is 1. The number of hydrogen-bond donors (Lipinski definition) is 0. The van der Waals surface area contributed by atoms with Crippen LogP contribution in [0.25, 0.3) is 82.2 Å². The van der Waals surface area contributed by atoms with Crippen molar-refractivity contribution in [2.24, 2.45) is 0 Å². The third kappa shape index (κ3) is 3.26. The highest BCUT2D eigenvalue weighted by atomic mass is 15.3. The molecule has 0 saturated carbocycles. The van der Waals surface area contributed by atoms with Gasteiger partial charge in [-0.3, -0.25) is 0 Å². The molecule has 41 heavy (non-hydrogen) atoms. The van der Waals surface area contributed by atoms with Gasteiger partial charge in [-0.1, -0.05) is 121 Å². The molecule has 0 aliphatic heterocycles. The molecule has 0 atom stereocenters. The Morgan fingerprint density at radius 3 is 1.59 bits per heavy atom. The van der Waals surface area contributed by atoms with Gasteiger partial charge in [0.2, 0.25) is 0 Å². The van der Waals surface area contributed by atoms with Crippen molar-refractivity contribution in [1.29, 1.82) is 0 Å². The summed E-state index contributed by atoms with van der Waals surface area (Å²) in [6.45, 7) is 0. The summed E-state index contributed by atoms with van der Waals surface area (Å²) in [7, 11) is 0. The maximum atomic E-state index is 5.07. The van der Waals surface area contributed by atoms with Crippen LogP contribution >= 0.6 is 0 Å². The molecule has 0 fully saturated rings. The molecule has 0 spiro atoms. The zero-order chi connectivity index (χ0) is 26.9. The molecule has 0 unspecified atom stereocenters. The first-order valence-electron chi connectivity index (χ1n) is 13.9. The lowest BCUT2D eigenvalue weighted by molar-refractivity contribution is 1.01. The van der Waals surface area contributed by atoms with E-state index < -0.39 is 0 Å². The number of para-hydroxylation sites is 1. The molecule has 3 nitrogen and oxygen atoms in total. The van der Waals surface area contributed by atoms with Crippen molar-refractivity contribution in [3.05, 3.63) is 140 Å². The highest BCUT2D eigenvalue weighted by Crippen LogP contribution is 2.38. The van der Waals surface area contributed by atoms with Crippen LogP contribution in [0.4, 0.5) is 0 Å². The summed E-state index contributed by atoms with van der Waals surface area (Å²) in [5.41, 5.74) is 5.27. The molecule has 2 heterocycles. The van der Waals surface area contributed by atoms with E-state index in [1.165, 1.54) is 48.7 Å². The maximum absolute atomic E-state index is 5.07. The SMILES string of the molecule is c1cc(-c2ccc3c4ccccc4c4ccccc4c3c2)cc(-c2nc3c4ccccc4c4ccccc4n3n2)c1. The number of benzene rings is 7. The summed E-state index contributed by atoms with van der Waals surface area (Å²) in [5.74, 6) is 0.727. The number of nitrogens with zero attached hydrogens (tertiary/aromatic N) is 3. The van der Waals surface area contributed by atoms with Crippen LogP contribution in [0.3, 0.4) is 0 Å². The largest absolute Gasteiger partial charge is 0.212 e. The number of fused-ring (bicyclic) bond motifs is 12. The van der Waals surface area contributed by atoms with Crippen LogP contribution in [-0.2, 0) is 0 Å². The molecule has 0 radical (unpaired) electrons. The van der Waals surface area contributed by atoms with E-state index in [2.05, 4.69) is 140 Å². The van der Waals surface area contributed by atoms with Crippen molar-refractivity contribution < 1.29 is 0 Å². The lowest BCUT2D eigenvalue weighted by Gasteiger charge is -2.12. The van der Waals surface area contributed by atoms with Gasteiger partial charge in [0.1, 0.15) is 0 Å². The molecule has 0 aliphatic carbocycles. The summed E-state index contributed by atoms with van der Waals surface area (Å²) in [4.78, 5) is 5.07. The van der Waals surface area contributed by atoms with Crippen LogP contribution in [0.5, 0.6) is 0 Å². The number of aromatic nitrogens is 3. The summed E-state index contributed by atoms with van der Waals surface area (Å²) in [6, 6.07) is 49.7. The molecule has 9 aromatic rings. The Morgan fingerprint density at radius 1 is 0.366 bits per heavy atom. The van der Waals surface area contributed by atoms with Crippen LogP contribution in [0, 0.1) is 0 Å². The molecule has 7 aromatic carbocycles. The second-order valence-electron chi connectivity index (χ2n) is 10.7. The van der Waals surface area contributed by atoms with Crippen molar-refractivity contribution in [1.82, 2.24) is 14.6 Å². The fourth-order valence-corrected chi connectivity index (χ4v) is 6.50. The molecule has 9 rings (SSSR count). The third-order valence-electron chi connectivity index (χ3n) is 8.40. The monoisotopic (exact) mass is 521 g/mol. The summed E-state index contributed by atoms with van der Waals surface area (Å²) >= 11 is 0. The molecule has 190 valence electrons. The number of rotatable bonds is 2. The minimum atomic E-state index is 0.727. The Morgan fingerprint density at radius 2 is 0.878 bits per heavy atom. The van der Waals surface area contributed by atoms with Crippen molar-refractivity contribution >= 4 is 59.6 Å². The first-order chi connectivity index (χ1) is 20.3. The molecular weight excluding hydrogens is 498 g/mol. The van der Waals surface area contributed by atoms with E-state index in [-0.39, 0.29) is 0 Å². The average molecular weight is 522 g/mol. The smallest absolute Gasteiger partial charge is 0.182 e. The van der Waals surface area contributed by atoms with Gasteiger partial charge in [-0.25, -0.2) is 9.50 Å². The van der Waals surface area contributed by atoms with E-state index in [1.807, 2.05) is 4.52 Å². The van der Waals surface area contributed by atoms with Crippen molar-refractivity contribution in [2.45, 2.75) is 0 Å². The van der Waals surface area contributed by atoms with E-state index in [9.17, 15) is 0 Å². The van der Waals surface area contributed by atoms with Gasteiger partial charge in [0.05, 0.1) is 5.52 Å². The maximum Gasteiger partial charge on any atom is 0.182 e. The molecule has 0 aliphatic rings. The first-order valence-corrected chi connectivity index (χ1v) is 13.9. The molecule has 0 bridgehead atoms. The van der Waals surface area contributed by atoms with Gasteiger partial charge in [-0.2, -0.15) is 0 Å². The minimum absolute atomic E-state index is 0.727. The Bertz CT molecular complexity index is 2380. The predicted octanol–water partition coefficient (Wildman–Crippen LogP) is 9.83. The summed E-state index contributed by atoms with van der Waals surface area (Å²) in [6.07, 6.45) is 0. The van der Waals surface area contributed by atoms with E-state index >= 15 is 0 Å². The van der Waals surface area contributed by atoms with Gasteiger partial charge in [-0.05, 0) is 67.0 Å².